The molecule has 0 aromatic heterocycles. The highest BCUT2D eigenvalue weighted by atomic mass is 16.4. The van der Waals surface area contributed by atoms with Crippen molar-refractivity contribution >= 4 is 12.8 Å². The highest BCUT2D eigenvalue weighted by molar-refractivity contribution is 6.62. The third-order valence-corrected chi connectivity index (χ3v) is 6.00. The minimum Gasteiger partial charge on any atom is -0.465 e. The van der Waals surface area contributed by atoms with E-state index in [4.69, 9.17) is 5.11 Å². The van der Waals surface area contributed by atoms with Gasteiger partial charge >= 0.3 is 6.09 Å². The summed E-state index contributed by atoms with van der Waals surface area (Å²) in [6.45, 7) is 2.51. The lowest BCUT2D eigenvalue weighted by Gasteiger charge is -2.43. The molecule has 3 heterocycles. The molecule has 0 aromatic rings. The lowest BCUT2D eigenvalue weighted by molar-refractivity contribution is 0.126. The average Bonchev–Trinajstić information content (AvgIpc) is 2.39. The van der Waals surface area contributed by atoms with Crippen LogP contribution < -0.4 is 0 Å². The van der Waals surface area contributed by atoms with Crippen molar-refractivity contribution in [3.63, 3.8) is 0 Å². The molecule has 0 aliphatic carbocycles. The average molecular weight is 263 g/mol. The van der Waals surface area contributed by atoms with Gasteiger partial charge in [-0.1, -0.05) is 56.5 Å². The largest absolute Gasteiger partial charge is 0.465 e. The molecule has 0 unspecified atom stereocenters. The number of likely N-dealkylation sites (tertiary alicyclic amines) is 1. The number of rotatable bonds is 2. The maximum absolute atomic E-state index is 10.9. The van der Waals surface area contributed by atoms with Gasteiger partial charge in [-0.15, -0.1) is 0 Å². The second-order valence-corrected chi connectivity index (χ2v) is 6.99. The van der Waals surface area contributed by atoms with Gasteiger partial charge in [-0.2, -0.15) is 0 Å². The van der Waals surface area contributed by atoms with Crippen LogP contribution >= 0.6 is 0 Å². The Kier molecular flexibility index (Phi) is 4.04. The van der Waals surface area contributed by atoms with Crippen LogP contribution in [0.25, 0.3) is 0 Å². The van der Waals surface area contributed by atoms with Crippen LogP contribution in [0.4, 0.5) is 4.79 Å². The number of piperidine rings is 1. The van der Waals surface area contributed by atoms with Crippen molar-refractivity contribution in [2.24, 2.45) is 5.92 Å². The fraction of sp³-hybridized carbons (Fsp3) is 0.933. The van der Waals surface area contributed by atoms with E-state index in [1.54, 1.807) is 4.90 Å². The highest BCUT2D eigenvalue weighted by Gasteiger charge is 2.40. The molecule has 4 heteroatoms. The van der Waals surface area contributed by atoms with Gasteiger partial charge in [0.2, 0.25) is 0 Å². The summed E-state index contributed by atoms with van der Waals surface area (Å²) in [5.41, 5.74) is 0. The Hall–Kier alpha value is -0.665. The number of hydrogen-bond acceptors (Lipinski definition) is 1. The first-order valence-electron chi connectivity index (χ1n) is 8.22. The van der Waals surface area contributed by atoms with E-state index in [0.29, 0.717) is 0 Å². The third kappa shape index (κ3) is 2.92. The van der Waals surface area contributed by atoms with Crippen molar-refractivity contribution < 1.29 is 9.90 Å². The molecular formula is C15H26BNO2. The van der Waals surface area contributed by atoms with E-state index in [9.17, 15) is 4.79 Å². The molecule has 1 amide bonds. The van der Waals surface area contributed by atoms with E-state index in [2.05, 4.69) is 0 Å². The van der Waals surface area contributed by atoms with Gasteiger partial charge in [0.15, 0.2) is 0 Å². The maximum atomic E-state index is 10.9. The molecule has 0 saturated carbocycles. The summed E-state index contributed by atoms with van der Waals surface area (Å²) < 4.78 is 0. The minimum atomic E-state index is -0.729. The smallest absolute Gasteiger partial charge is 0.407 e. The molecule has 0 radical (unpaired) electrons. The summed E-state index contributed by atoms with van der Waals surface area (Å²) in [6, 6.07) is 0. The first-order chi connectivity index (χ1) is 9.24. The Bertz CT molecular complexity index is 306. The number of amides is 1. The van der Waals surface area contributed by atoms with Crippen LogP contribution in [0, 0.1) is 5.92 Å². The molecular weight excluding hydrogens is 237 g/mol. The zero-order valence-electron chi connectivity index (χ0n) is 11.9. The fourth-order valence-corrected chi connectivity index (χ4v) is 4.94. The Morgan fingerprint density at radius 1 is 1.00 bits per heavy atom. The lowest BCUT2D eigenvalue weighted by atomic mass is 9.25. The molecule has 3 aliphatic rings. The monoisotopic (exact) mass is 263 g/mol. The maximum Gasteiger partial charge on any atom is 0.407 e. The Labute approximate surface area is 116 Å². The molecule has 3 nitrogen and oxygen atoms in total. The molecule has 3 fully saturated rings. The molecule has 3 rings (SSSR count). The Morgan fingerprint density at radius 3 is 2.00 bits per heavy atom. The molecule has 106 valence electrons. The van der Waals surface area contributed by atoms with Gasteiger partial charge in [-0.25, -0.2) is 4.79 Å². The second kappa shape index (κ2) is 5.76. The van der Waals surface area contributed by atoms with E-state index < -0.39 is 6.09 Å². The predicted molar refractivity (Wildman–Crippen MR) is 78.1 cm³/mol. The van der Waals surface area contributed by atoms with Crippen LogP contribution in [0.15, 0.2) is 0 Å². The summed E-state index contributed by atoms with van der Waals surface area (Å²) in [6.07, 6.45) is 11.7. The predicted octanol–water partition coefficient (Wildman–Crippen LogP) is 3.98. The van der Waals surface area contributed by atoms with Gasteiger partial charge < -0.3 is 10.0 Å². The summed E-state index contributed by atoms with van der Waals surface area (Å²) in [4.78, 5) is 12.5. The van der Waals surface area contributed by atoms with Crippen molar-refractivity contribution in [2.75, 3.05) is 13.1 Å². The minimum absolute atomic E-state index is 0.729. The molecule has 0 spiro atoms. The van der Waals surface area contributed by atoms with E-state index in [-0.39, 0.29) is 0 Å². The van der Waals surface area contributed by atoms with Crippen LogP contribution in [0.2, 0.25) is 18.0 Å². The molecule has 3 aliphatic heterocycles. The van der Waals surface area contributed by atoms with Crippen molar-refractivity contribution in [3.05, 3.63) is 0 Å². The van der Waals surface area contributed by atoms with Crippen LogP contribution in [-0.2, 0) is 0 Å². The quantitative estimate of drug-likeness (QED) is 0.765. The number of nitrogens with zero attached hydrogens (tertiary/aromatic N) is 1. The SMILES string of the molecule is O=C(O)N1CCC(CB2C3CCCC2CCC3)CC1. The number of hydrogen-bond donors (Lipinski definition) is 1. The van der Waals surface area contributed by atoms with Crippen molar-refractivity contribution in [3.8, 4) is 0 Å². The van der Waals surface area contributed by atoms with Crippen molar-refractivity contribution in [2.45, 2.75) is 69.3 Å². The second-order valence-electron chi connectivity index (χ2n) is 6.99. The molecule has 19 heavy (non-hydrogen) atoms. The Morgan fingerprint density at radius 2 is 1.53 bits per heavy atom. The molecule has 0 atom stereocenters. The standard InChI is InChI=1S/C15H26BNO2/c18-15(19)17-9-7-12(8-10-17)11-16-13-3-1-4-14(16)6-2-5-13/h12-14H,1-11H2,(H,18,19). The third-order valence-electron chi connectivity index (χ3n) is 6.00. The van der Waals surface area contributed by atoms with Gasteiger partial charge in [-0.05, 0) is 18.8 Å². The van der Waals surface area contributed by atoms with Crippen LogP contribution in [-0.4, -0.2) is 35.9 Å². The normalized spacial score (nSPS) is 32.4. The highest BCUT2D eigenvalue weighted by Crippen LogP contribution is 2.49. The van der Waals surface area contributed by atoms with E-state index in [1.165, 1.54) is 44.8 Å². The fourth-order valence-electron chi connectivity index (χ4n) is 4.94. The van der Waals surface area contributed by atoms with Gasteiger partial charge in [0.1, 0.15) is 6.71 Å². The molecule has 0 aromatic carbocycles. The number of fused-ring (bicyclic) bond motifs is 2. The first-order valence-corrected chi connectivity index (χ1v) is 8.22. The van der Waals surface area contributed by atoms with Crippen LogP contribution in [0.1, 0.15) is 51.4 Å². The molecule has 3 saturated heterocycles. The Balaban J connectivity index is 1.53. The van der Waals surface area contributed by atoms with Gasteiger partial charge in [0, 0.05) is 13.1 Å². The van der Waals surface area contributed by atoms with Crippen LogP contribution in [0.5, 0.6) is 0 Å². The number of carbonyl (C=O) groups is 1. The molecule has 2 bridgehead atoms. The van der Waals surface area contributed by atoms with Gasteiger partial charge in [0.25, 0.3) is 0 Å². The van der Waals surface area contributed by atoms with E-state index in [1.807, 2.05) is 0 Å². The summed E-state index contributed by atoms with van der Waals surface area (Å²) >= 11 is 0. The van der Waals surface area contributed by atoms with Crippen molar-refractivity contribution in [1.82, 2.24) is 4.90 Å². The zero-order chi connectivity index (χ0) is 13.2. The van der Waals surface area contributed by atoms with E-state index >= 15 is 0 Å². The first kappa shape index (κ1) is 13.3. The van der Waals surface area contributed by atoms with Gasteiger partial charge in [-0.3, -0.25) is 0 Å². The molecule has 1 N–H and O–H groups in total. The number of carboxylic acid groups (broad SMARTS) is 1. The van der Waals surface area contributed by atoms with Gasteiger partial charge in [0.05, 0.1) is 0 Å². The van der Waals surface area contributed by atoms with Crippen LogP contribution in [0.3, 0.4) is 0 Å². The topological polar surface area (TPSA) is 40.5 Å². The summed E-state index contributed by atoms with van der Waals surface area (Å²) in [5.74, 6) is 2.80. The summed E-state index contributed by atoms with van der Waals surface area (Å²) in [7, 11) is 0. The summed E-state index contributed by atoms with van der Waals surface area (Å²) in [5, 5.41) is 9.00. The van der Waals surface area contributed by atoms with Crippen molar-refractivity contribution in [1.29, 1.82) is 0 Å². The zero-order valence-corrected chi connectivity index (χ0v) is 11.9. The van der Waals surface area contributed by atoms with E-state index in [0.717, 1.165) is 50.2 Å². The lowest BCUT2D eigenvalue weighted by Crippen LogP contribution is -2.41.